The highest BCUT2D eigenvalue weighted by Crippen LogP contribution is 2.27. The highest BCUT2D eigenvalue weighted by molar-refractivity contribution is 7.15. The van der Waals surface area contributed by atoms with Gasteiger partial charge < -0.3 is 10.1 Å². The number of amides is 1. The summed E-state index contributed by atoms with van der Waals surface area (Å²) in [6, 6.07) is 5.15. The van der Waals surface area contributed by atoms with E-state index in [4.69, 9.17) is 16.3 Å². The average molecular weight is 336 g/mol. The van der Waals surface area contributed by atoms with Gasteiger partial charge in [0.15, 0.2) is 4.96 Å². The molecule has 0 radical (unpaired) electrons. The number of aryl methyl sites for hydroxylation is 1. The lowest BCUT2D eigenvalue weighted by Gasteiger charge is -2.08. The molecule has 5 nitrogen and oxygen atoms in total. The summed E-state index contributed by atoms with van der Waals surface area (Å²) in [5.74, 6) is 0.473. The lowest BCUT2D eigenvalue weighted by atomic mass is 10.2. The van der Waals surface area contributed by atoms with Gasteiger partial charge in [-0.3, -0.25) is 9.20 Å². The Labute approximate surface area is 136 Å². The average Bonchev–Trinajstić information content (AvgIpc) is 3.00. The molecule has 0 aliphatic heterocycles. The fraction of sp³-hybridized carbons (Fsp3) is 0.200. The first-order valence-electron chi connectivity index (χ1n) is 6.62. The summed E-state index contributed by atoms with van der Waals surface area (Å²) in [5.41, 5.74) is 2.50. The molecule has 0 aliphatic rings. The number of thiazole rings is 1. The zero-order valence-corrected chi connectivity index (χ0v) is 13.7. The van der Waals surface area contributed by atoms with E-state index in [1.54, 1.807) is 25.3 Å². The van der Waals surface area contributed by atoms with Crippen molar-refractivity contribution in [3.63, 3.8) is 0 Å². The quantitative estimate of drug-likeness (QED) is 0.793. The summed E-state index contributed by atoms with van der Waals surface area (Å²) in [5, 5.41) is 5.24. The number of ether oxygens (including phenoxy) is 1. The number of methoxy groups -OCH3 is 1. The largest absolute Gasteiger partial charge is 0.495 e. The van der Waals surface area contributed by atoms with Crippen LogP contribution in [0, 0.1) is 6.92 Å². The van der Waals surface area contributed by atoms with Crippen molar-refractivity contribution in [3.05, 3.63) is 46.2 Å². The first-order valence-corrected chi connectivity index (χ1v) is 7.88. The van der Waals surface area contributed by atoms with Crippen LogP contribution in [-0.4, -0.2) is 22.4 Å². The lowest BCUT2D eigenvalue weighted by molar-refractivity contribution is -0.115. The van der Waals surface area contributed by atoms with Gasteiger partial charge in [-0.15, -0.1) is 11.3 Å². The standard InChI is InChI=1S/C15H14ClN3O2S/c1-9-7-19-11(8-22-15(19)17-9)6-14(20)18-10-3-4-13(21-2)12(16)5-10/h3-5,7-8H,6H2,1-2H3,(H,18,20). The van der Waals surface area contributed by atoms with Gasteiger partial charge in [-0.05, 0) is 25.1 Å². The Balaban J connectivity index is 1.73. The van der Waals surface area contributed by atoms with Crippen LogP contribution in [0.1, 0.15) is 11.4 Å². The van der Waals surface area contributed by atoms with Gasteiger partial charge in [0.2, 0.25) is 5.91 Å². The van der Waals surface area contributed by atoms with Crippen LogP contribution in [0.15, 0.2) is 29.8 Å². The molecule has 22 heavy (non-hydrogen) atoms. The van der Waals surface area contributed by atoms with Crippen LogP contribution in [0.25, 0.3) is 4.96 Å². The van der Waals surface area contributed by atoms with E-state index in [1.807, 2.05) is 22.9 Å². The van der Waals surface area contributed by atoms with Crippen molar-refractivity contribution in [2.75, 3.05) is 12.4 Å². The maximum absolute atomic E-state index is 12.2. The maximum Gasteiger partial charge on any atom is 0.230 e. The molecule has 0 spiro atoms. The van der Waals surface area contributed by atoms with Crippen LogP contribution in [0.4, 0.5) is 5.69 Å². The van der Waals surface area contributed by atoms with Crippen molar-refractivity contribution in [1.29, 1.82) is 0 Å². The number of rotatable bonds is 4. The Morgan fingerprint density at radius 3 is 3.05 bits per heavy atom. The molecule has 0 bridgehead atoms. The number of aromatic nitrogens is 2. The van der Waals surface area contributed by atoms with Crippen molar-refractivity contribution in [2.45, 2.75) is 13.3 Å². The van der Waals surface area contributed by atoms with Gasteiger partial charge in [0.05, 0.1) is 24.2 Å². The minimum atomic E-state index is -0.104. The molecule has 0 atom stereocenters. The molecule has 0 saturated heterocycles. The predicted molar refractivity (Wildman–Crippen MR) is 88.1 cm³/mol. The van der Waals surface area contributed by atoms with Crippen molar-refractivity contribution < 1.29 is 9.53 Å². The zero-order chi connectivity index (χ0) is 15.7. The minimum Gasteiger partial charge on any atom is -0.495 e. The number of imidazole rings is 1. The summed E-state index contributed by atoms with van der Waals surface area (Å²) in [7, 11) is 1.55. The number of carbonyl (C=O) groups is 1. The predicted octanol–water partition coefficient (Wildman–Crippen LogP) is 3.55. The SMILES string of the molecule is COc1ccc(NC(=O)Cc2csc3nc(C)cn23)cc1Cl. The number of nitrogens with zero attached hydrogens (tertiary/aromatic N) is 2. The monoisotopic (exact) mass is 335 g/mol. The van der Waals surface area contributed by atoms with Crippen molar-refractivity contribution in [1.82, 2.24) is 9.38 Å². The Bertz CT molecular complexity index is 841. The molecule has 7 heteroatoms. The van der Waals surface area contributed by atoms with Gasteiger partial charge in [-0.25, -0.2) is 4.98 Å². The number of hydrogen-bond acceptors (Lipinski definition) is 4. The normalized spacial score (nSPS) is 10.9. The minimum absolute atomic E-state index is 0.104. The van der Waals surface area contributed by atoms with Crippen LogP contribution < -0.4 is 10.1 Å². The van der Waals surface area contributed by atoms with E-state index in [1.165, 1.54) is 11.3 Å². The second-order valence-electron chi connectivity index (χ2n) is 4.84. The Kier molecular flexibility index (Phi) is 4.04. The van der Waals surface area contributed by atoms with Crippen LogP contribution in [0.2, 0.25) is 5.02 Å². The molecule has 114 valence electrons. The number of carbonyl (C=O) groups excluding carboxylic acids is 1. The van der Waals surface area contributed by atoms with Crippen LogP contribution >= 0.6 is 22.9 Å². The number of halogens is 1. The van der Waals surface area contributed by atoms with E-state index in [2.05, 4.69) is 10.3 Å². The van der Waals surface area contributed by atoms with Crippen LogP contribution in [-0.2, 0) is 11.2 Å². The van der Waals surface area contributed by atoms with E-state index in [0.717, 1.165) is 16.3 Å². The summed E-state index contributed by atoms with van der Waals surface area (Å²) >= 11 is 7.57. The zero-order valence-electron chi connectivity index (χ0n) is 12.1. The molecule has 0 unspecified atom stereocenters. The molecule has 1 amide bonds. The van der Waals surface area contributed by atoms with Crippen LogP contribution in [0.3, 0.4) is 0 Å². The number of anilines is 1. The summed E-state index contributed by atoms with van der Waals surface area (Å²) in [4.78, 5) is 17.5. The fourth-order valence-corrected chi connectivity index (χ4v) is 3.36. The number of nitrogens with one attached hydrogen (secondary N) is 1. The molecule has 0 aliphatic carbocycles. The molecular weight excluding hydrogens is 322 g/mol. The fourth-order valence-electron chi connectivity index (χ4n) is 2.18. The van der Waals surface area contributed by atoms with Crippen LogP contribution in [0.5, 0.6) is 5.75 Å². The Morgan fingerprint density at radius 2 is 2.32 bits per heavy atom. The van der Waals surface area contributed by atoms with E-state index in [0.29, 0.717) is 16.5 Å². The number of fused-ring (bicyclic) bond motifs is 1. The number of benzene rings is 1. The van der Waals surface area contributed by atoms with Crippen molar-refractivity contribution in [2.24, 2.45) is 0 Å². The van der Waals surface area contributed by atoms with E-state index in [9.17, 15) is 4.79 Å². The van der Waals surface area contributed by atoms with Crippen molar-refractivity contribution >= 4 is 39.5 Å². The first-order chi connectivity index (χ1) is 10.6. The first kappa shape index (κ1) is 14.9. The molecule has 3 rings (SSSR count). The Hall–Kier alpha value is -2.05. The van der Waals surface area contributed by atoms with Gasteiger partial charge in [0, 0.05) is 23.0 Å². The molecule has 1 N–H and O–H groups in total. The second-order valence-corrected chi connectivity index (χ2v) is 6.08. The number of hydrogen-bond donors (Lipinski definition) is 1. The lowest BCUT2D eigenvalue weighted by Crippen LogP contribution is -2.15. The third-order valence-electron chi connectivity index (χ3n) is 3.18. The highest BCUT2D eigenvalue weighted by atomic mass is 35.5. The maximum atomic E-state index is 12.2. The van der Waals surface area contributed by atoms with Crippen molar-refractivity contribution in [3.8, 4) is 5.75 Å². The van der Waals surface area contributed by atoms with E-state index < -0.39 is 0 Å². The topological polar surface area (TPSA) is 55.6 Å². The smallest absolute Gasteiger partial charge is 0.230 e. The molecule has 2 aromatic heterocycles. The van der Waals surface area contributed by atoms with Gasteiger partial charge in [-0.1, -0.05) is 11.6 Å². The molecule has 2 heterocycles. The van der Waals surface area contributed by atoms with Gasteiger partial charge in [-0.2, -0.15) is 0 Å². The summed E-state index contributed by atoms with van der Waals surface area (Å²) < 4.78 is 7.03. The molecular formula is C15H14ClN3O2S. The van der Waals surface area contributed by atoms with E-state index in [-0.39, 0.29) is 12.3 Å². The van der Waals surface area contributed by atoms with Gasteiger partial charge in [0.1, 0.15) is 5.75 Å². The third kappa shape index (κ3) is 2.93. The summed E-state index contributed by atoms with van der Waals surface area (Å²) in [6.07, 6.45) is 2.21. The molecule has 0 fully saturated rings. The molecule has 0 saturated carbocycles. The summed E-state index contributed by atoms with van der Waals surface area (Å²) in [6.45, 7) is 1.93. The second kappa shape index (κ2) is 5.98. The van der Waals surface area contributed by atoms with Gasteiger partial charge >= 0.3 is 0 Å². The highest BCUT2D eigenvalue weighted by Gasteiger charge is 2.11. The molecule has 3 aromatic rings. The Morgan fingerprint density at radius 1 is 1.50 bits per heavy atom. The van der Waals surface area contributed by atoms with E-state index >= 15 is 0 Å². The van der Waals surface area contributed by atoms with Gasteiger partial charge in [0.25, 0.3) is 0 Å². The third-order valence-corrected chi connectivity index (χ3v) is 4.37. The molecule has 1 aromatic carbocycles.